The zero-order valence-corrected chi connectivity index (χ0v) is 23.0. The van der Waals surface area contributed by atoms with Crippen LogP contribution in [0.2, 0.25) is 0 Å². The molecule has 6 aromatic carbocycles. The van der Waals surface area contributed by atoms with E-state index in [2.05, 4.69) is 123 Å². The van der Waals surface area contributed by atoms with Crippen molar-refractivity contribution in [1.29, 1.82) is 5.26 Å². The van der Waals surface area contributed by atoms with Gasteiger partial charge in [0.15, 0.2) is 0 Å². The Balaban J connectivity index is 1.34. The minimum Gasteiger partial charge on any atom is -0.309 e. The van der Waals surface area contributed by atoms with Crippen LogP contribution in [0.25, 0.3) is 72.2 Å². The van der Waals surface area contributed by atoms with E-state index in [4.69, 9.17) is 4.98 Å². The smallest absolute Gasteiger partial charge is 0.220 e. The van der Waals surface area contributed by atoms with Crippen LogP contribution in [0.15, 0.2) is 140 Å². The van der Waals surface area contributed by atoms with Gasteiger partial charge in [0, 0.05) is 16.3 Å². The summed E-state index contributed by atoms with van der Waals surface area (Å²) < 4.78 is 6.71. The first-order chi connectivity index (χ1) is 21.3. The Morgan fingerprint density at radius 2 is 1.14 bits per heavy atom. The van der Waals surface area contributed by atoms with Crippen LogP contribution in [0.5, 0.6) is 0 Å². The summed E-state index contributed by atoms with van der Waals surface area (Å²) in [4.78, 5) is 5.05. The summed E-state index contributed by atoms with van der Waals surface area (Å²) in [6, 6.07) is 50.6. The summed E-state index contributed by atoms with van der Waals surface area (Å²) in [5.41, 5.74) is 11.0. The second-order valence-electron chi connectivity index (χ2n) is 10.8. The zero-order valence-electron chi connectivity index (χ0n) is 23.0. The van der Waals surface area contributed by atoms with E-state index in [0.29, 0.717) is 5.56 Å². The van der Waals surface area contributed by atoms with Gasteiger partial charge in [-0.25, -0.2) is 4.98 Å². The summed E-state index contributed by atoms with van der Waals surface area (Å²) in [5.74, 6) is 0.819. The van der Waals surface area contributed by atoms with Crippen molar-refractivity contribution in [2.45, 2.75) is 0 Å². The first-order valence-electron chi connectivity index (χ1n) is 14.3. The number of aromatic nitrogens is 4. The van der Waals surface area contributed by atoms with Crippen molar-refractivity contribution < 1.29 is 0 Å². The second kappa shape index (κ2) is 8.94. The van der Waals surface area contributed by atoms with Crippen LogP contribution >= 0.6 is 0 Å². The summed E-state index contributed by atoms with van der Waals surface area (Å²) in [5, 5.41) is 12.7. The summed E-state index contributed by atoms with van der Waals surface area (Å²) >= 11 is 0. The van der Waals surface area contributed by atoms with Gasteiger partial charge in [-0.2, -0.15) is 5.26 Å². The monoisotopic (exact) mass is 549 g/mol. The first kappa shape index (κ1) is 23.6. The van der Waals surface area contributed by atoms with Gasteiger partial charge in [0.2, 0.25) is 5.78 Å². The molecule has 3 aromatic heterocycles. The van der Waals surface area contributed by atoms with Crippen molar-refractivity contribution in [2.24, 2.45) is 0 Å². The lowest BCUT2D eigenvalue weighted by Gasteiger charge is -2.15. The highest BCUT2D eigenvalue weighted by molar-refractivity contribution is 6.09. The molecule has 0 fully saturated rings. The average Bonchev–Trinajstić information content (AvgIpc) is 3.71. The molecule has 9 aromatic rings. The molecule has 0 bridgehead atoms. The van der Waals surface area contributed by atoms with Crippen molar-refractivity contribution >= 4 is 49.7 Å². The van der Waals surface area contributed by atoms with E-state index in [1.54, 1.807) is 0 Å². The van der Waals surface area contributed by atoms with Crippen LogP contribution in [-0.2, 0) is 0 Å². The fourth-order valence-electron chi connectivity index (χ4n) is 6.66. The van der Waals surface area contributed by atoms with Gasteiger partial charge in [0.1, 0.15) is 0 Å². The molecule has 5 nitrogen and oxygen atoms in total. The maximum absolute atomic E-state index is 10.2. The molecule has 0 saturated heterocycles. The van der Waals surface area contributed by atoms with Crippen molar-refractivity contribution in [3.8, 4) is 28.6 Å². The number of imidazole rings is 2. The normalized spacial score (nSPS) is 11.7. The van der Waals surface area contributed by atoms with E-state index < -0.39 is 0 Å². The van der Waals surface area contributed by atoms with Gasteiger partial charge in [-0.15, -0.1) is 0 Å². The maximum atomic E-state index is 10.2. The summed E-state index contributed by atoms with van der Waals surface area (Å²) in [6.07, 6.45) is 0. The summed E-state index contributed by atoms with van der Waals surface area (Å²) in [7, 11) is 0. The van der Waals surface area contributed by atoms with Gasteiger partial charge in [0.05, 0.1) is 56.1 Å². The Morgan fingerprint density at radius 3 is 1.88 bits per heavy atom. The highest BCUT2D eigenvalue weighted by atomic mass is 15.2. The Kier molecular flexibility index (Phi) is 4.90. The van der Waals surface area contributed by atoms with E-state index in [-0.39, 0.29) is 0 Å². The van der Waals surface area contributed by atoms with E-state index in [1.165, 1.54) is 10.8 Å². The Morgan fingerprint density at radius 1 is 0.535 bits per heavy atom. The molecule has 0 aliphatic rings. The molecule has 9 rings (SSSR count). The van der Waals surface area contributed by atoms with Gasteiger partial charge in [-0.3, -0.25) is 8.97 Å². The second-order valence-corrected chi connectivity index (χ2v) is 10.8. The molecule has 3 heterocycles. The molecule has 0 unspecified atom stereocenters. The van der Waals surface area contributed by atoms with Crippen molar-refractivity contribution in [3.63, 3.8) is 0 Å². The summed E-state index contributed by atoms with van der Waals surface area (Å²) in [6.45, 7) is 0. The number of para-hydroxylation sites is 7. The number of nitrogens with zero attached hydrogens (tertiary/aromatic N) is 5. The topological polar surface area (TPSA) is 51.0 Å². The molecule has 43 heavy (non-hydrogen) atoms. The van der Waals surface area contributed by atoms with Crippen LogP contribution in [0.3, 0.4) is 0 Å². The molecule has 0 saturated carbocycles. The molecule has 0 atom stereocenters. The molecule has 0 N–H and O–H groups in total. The lowest BCUT2D eigenvalue weighted by atomic mass is 10.00. The standard InChI is InChI=1S/C38H23N5/c39-24-25-21-26(28-11-1-5-15-32(28)42-33-16-6-2-12-29(33)30-13-3-7-17-34(30)42)23-27(22-25)41-36-19-9-10-20-37(36)43-35-18-8-4-14-31(35)40-38(41)43/h1-23H. The molecular weight excluding hydrogens is 526 g/mol. The fraction of sp³-hybridized carbons (Fsp3) is 0. The van der Waals surface area contributed by atoms with Gasteiger partial charge in [-0.1, -0.05) is 78.9 Å². The third kappa shape index (κ3) is 3.35. The predicted molar refractivity (Wildman–Crippen MR) is 174 cm³/mol. The van der Waals surface area contributed by atoms with E-state index in [0.717, 1.165) is 61.4 Å². The minimum atomic E-state index is 0.594. The van der Waals surface area contributed by atoms with Crippen LogP contribution in [-0.4, -0.2) is 18.5 Å². The Bertz CT molecular complexity index is 2530. The van der Waals surface area contributed by atoms with E-state index in [9.17, 15) is 5.26 Å². The average molecular weight is 550 g/mol. The number of benzene rings is 6. The van der Waals surface area contributed by atoms with Crippen LogP contribution < -0.4 is 0 Å². The molecule has 0 aliphatic carbocycles. The first-order valence-corrected chi connectivity index (χ1v) is 14.3. The molecule has 0 spiro atoms. The number of fused-ring (bicyclic) bond motifs is 8. The van der Waals surface area contributed by atoms with Crippen LogP contribution in [0.4, 0.5) is 0 Å². The highest BCUT2D eigenvalue weighted by Crippen LogP contribution is 2.37. The number of nitriles is 1. The lowest BCUT2D eigenvalue weighted by molar-refractivity contribution is 1.11. The Hall–Kier alpha value is -6.12. The van der Waals surface area contributed by atoms with Crippen molar-refractivity contribution in [3.05, 3.63) is 145 Å². The van der Waals surface area contributed by atoms with Gasteiger partial charge >= 0.3 is 0 Å². The minimum absolute atomic E-state index is 0.594. The van der Waals surface area contributed by atoms with Gasteiger partial charge < -0.3 is 4.57 Å². The van der Waals surface area contributed by atoms with E-state index in [1.807, 2.05) is 36.4 Å². The molecule has 200 valence electrons. The quantitative estimate of drug-likeness (QED) is 0.221. The van der Waals surface area contributed by atoms with E-state index >= 15 is 0 Å². The highest BCUT2D eigenvalue weighted by Gasteiger charge is 2.19. The van der Waals surface area contributed by atoms with Crippen LogP contribution in [0, 0.1) is 11.3 Å². The third-order valence-corrected chi connectivity index (χ3v) is 8.45. The molecule has 5 heteroatoms. The van der Waals surface area contributed by atoms with Crippen molar-refractivity contribution in [1.82, 2.24) is 18.5 Å². The molecule has 0 aliphatic heterocycles. The van der Waals surface area contributed by atoms with Crippen LogP contribution in [0.1, 0.15) is 5.56 Å². The predicted octanol–water partition coefficient (Wildman–Crippen LogP) is 9.07. The maximum Gasteiger partial charge on any atom is 0.220 e. The lowest BCUT2D eigenvalue weighted by Crippen LogP contribution is -2.00. The SMILES string of the molecule is N#Cc1cc(-c2ccccc2-n2c3ccccc3c3ccccc32)cc(-n2c3ccccc3n3c4ccccc4nc23)c1. The Labute approximate surface area is 246 Å². The van der Waals surface area contributed by atoms with Gasteiger partial charge in [0.25, 0.3) is 0 Å². The number of rotatable bonds is 3. The zero-order chi connectivity index (χ0) is 28.5. The molecular formula is C38H23N5. The number of hydrogen-bond donors (Lipinski definition) is 0. The van der Waals surface area contributed by atoms with Crippen molar-refractivity contribution in [2.75, 3.05) is 0 Å². The molecule has 0 radical (unpaired) electrons. The fourth-order valence-corrected chi connectivity index (χ4v) is 6.66. The largest absolute Gasteiger partial charge is 0.309 e. The number of hydrogen-bond acceptors (Lipinski definition) is 2. The third-order valence-electron chi connectivity index (χ3n) is 8.45. The van der Waals surface area contributed by atoms with Gasteiger partial charge in [-0.05, 0) is 66.2 Å². The molecule has 0 amide bonds.